The Morgan fingerprint density at radius 3 is 2.08 bits per heavy atom. The van der Waals surface area contributed by atoms with E-state index >= 15 is 0 Å². The summed E-state index contributed by atoms with van der Waals surface area (Å²) in [5.41, 5.74) is 4.88. The Labute approximate surface area is 151 Å². The van der Waals surface area contributed by atoms with Gasteiger partial charge in [0.1, 0.15) is 11.3 Å². The fourth-order valence-corrected chi connectivity index (χ4v) is 4.89. The lowest BCUT2D eigenvalue weighted by Gasteiger charge is -2.22. The van der Waals surface area contributed by atoms with Gasteiger partial charge in [0.05, 0.1) is 0 Å². The number of benzene rings is 4. The lowest BCUT2D eigenvalue weighted by atomic mass is 9.79. The number of furan rings is 1. The van der Waals surface area contributed by atoms with E-state index in [1.165, 1.54) is 43.6 Å². The lowest BCUT2D eigenvalue weighted by Crippen LogP contribution is -2.15. The van der Waals surface area contributed by atoms with E-state index in [1.807, 2.05) is 0 Å². The van der Waals surface area contributed by atoms with Crippen molar-refractivity contribution < 1.29 is 4.42 Å². The molecule has 124 valence electrons. The Morgan fingerprint density at radius 2 is 1.27 bits per heavy atom. The molecule has 0 saturated heterocycles. The molecular formula is C25H18O. The Balaban J connectivity index is 1.80. The number of hydrogen-bond acceptors (Lipinski definition) is 1. The second-order valence-corrected chi connectivity index (χ2v) is 7.80. The molecule has 0 N–H and O–H groups in total. The first-order chi connectivity index (χ1) is 12.7. The molecule has 0 saturated carbocycles. The zero-order valence-electron chi connectivity index (χ0n) is 14.8. The van der Waals surface area contributed by atoms with Gasteiger partial charge in [0.25, 0.3) is 0 Å². The van der Waals surface area contributed by atoms with Crippen LogP contribution < -0.4 is 0 Å². The molecule has 0 amide bonds. The van der Waals surface area contributed by atoms with Crippen molar-refractivity contribution in [1.29, 1.82) is 0 Å². The topological polar surface area (TPSA) is 13.1 Å². The fraction of sp³-hybridized carbons (Fsp3) is 0.120. The van der Waals surface area contributed by atoms with Crippen LogP contribution in [0.15, 0.2) is 77.2 Å². The van der Waals surface area contributed by atoms with Crippen LogP contribution >= 0.6 is 0 Å². The van der Waals surface area contributed by atoms with Crippen LogP contribution in [0.1, 0.15) is 25.0 Å². The van der Waals surface area contributed by atoms with E-state index < -0.39 is 0 Å². The van der Waals surface area contributed by atoms with Gasteiger partial charge in [-0.2, -0.15) is 0 Å². The number of hydrogen-bond donors (Lipinski definition) is 0. The highest BCUT2D eigenvalue weighted by Crippen LogP contribution is 2.55. The highest BCUT2D eigenvalue weighted by molar-refractivity contribution is 6.10. The minimum atomic E-state index is -0.0841. The highest BCUT2D eigenvalue weighted by Gasteiger charge is 2.41. The van der Waals surface area contributed by atoms with E-state index in [2.05, 4.69) is 86.6 Å². The average Bonchev–Trinajstić information content (AvgIpc) is 3.16. The molecule has 1 aliphatic rings. The highest BCUT2D eigenvalue weighted by atomic mass is 16.3. The first-order valence-corrected chi connectivity index (χ1v) is 9.13. The van der Waals surface area contributed by atoms with Gasteiger partial charge >= 0.3 is 0 Å². The Morgan fingerprint density at radius 1 is 0.615 bits per heavy atom. The quantitative estimate of drug-likeness (QED) is 0.296. The Kier molecular flexibility index (Phi) is 2.48. The van der Waals surface area contributed by atoms with E-state index in [9.17, 15) is 0 Å². The van der Waals surface area contributed by atoms with Gasteiger partial charge < -0.3 is 4.42 Å². The molecule has 0 atom stereocenters. The van der Waals surface area contributed by atoms with Crippen LogP contribution in [0.5, 0.6) is 0 Å². The Bertz CT molecular complexity index is 1350. The summed E-state index contributed by atoms with van der Waals surface area (Å²) in [5, 5.41) is 6.28. The van der Waals surface area contributed by atoms with Gasteiger partial charge in [0, 0.05) is 27.3 Å². The fourth-order valence-electron chi connectivity index (χ4n) is 4.89. The van der Waals surface area contributed by atoms with Crippen molar-refractivity contribution in [3.05, 3.63) is 83.9 Å². The van der Waals surface area contributed by atoms with E-state index in [0.29, 0.717) is 0 Å². The van der Waals surface area contributed by atoms with Crippen molar-refractivity contribution in [2.75, 3.05) is 0 Å². The molecule has 1 nitrogen and oxygen atoms in total. The summed E-state index contributed by atoms with van der Waals surface area (Å²) < 4.78 is 6.53. The van der Waals surface area contributed by atoms with Crippen LogP contribution in [0.4, 0.5) is 0 Å². The first kappa shape index (κ1) is 14.1. The zero-order valence-corrected chi connectivity index (χ0v) is 14.8. The van der Waals surface area contributed by atoms with Crippen molar-refractivity contribution >= 4 is 32.5 Å². The molecule has 1 heteroatoms. The SMILES string of the molecule is CC1(C)c2c(ccc3ccccc23)-c2oc3c(ccc4ccccc43)c21. The smallest absolute Gasteiger partial charge is 0.142 e. The second kappa shape index (κ2) is 4.56. The van der Waals surface area contributed by atoms with Crippen LogP contribution in [0, 0.1) is 0 Å². The number of fused-ring (bicyclic) bond motifs is 9. The van der Waals surface area contributed by atoms with Crippen molar-refractivity contribution in [3.63, 3.8) is 0 Å². The van der Waals surface area contributed by atoms with Gasteiger partial charge in [0.15, 0.2) is 0 Å². The molecule has 4 aromatic carbocycles. The van der Waals surface area contributed by atoms with Gasteiger partial charge in [-0.1, -0.05) is 86.6 Å². The average molecular weight is 334 g/mol. The molecule has 26 heavy (non-hydrogen) atoms. The maximum atomic E-state index is 6.53. The lowest BCUT2D eigenvalue weighted by molar-refractivity contribution is 0.622. The molecule has 1 aliphatic carbocycles. The van der Waals surface area contributed by atoms with Gasteiger partial charge in [-0.15, -0.1) is 0 Å². The second-order valence-electron chi connectivity index (χ2n) is 7.80. The first-order valence-electron chi connectivity index (χ1n) is 9.13. The Hall–Kier alpha value is -3.06. The maximum absolute atomic E-state index is 6.53. The predicted octanol–water partition coefficient (Wildman–Crippen LogP) is 7.05. The van der Waals surface area contributed by atoms with Crippen LogP contribution in [0.25, 0.3) is 43.8 Å². The molecule has 0 spiro atoms. The molecule has 6 rings (SSSR count). The third-order valence-electron chi connectivity index (χ3n) is 6.00. The maximum Gasteiger partial charge on any atom is 0.142 e. The summed E-state index contributed by atoms with van der Waals surface area (Å²) >= 11 is 0. The van der Waals surface area contributed by atoms with Gasteiger partial charge in [-0.3, -0.25) is 0 Å². The van der Waals surface area contributed by atoms with Gasteiger partial charge in [-0.25, -0.2) is 0 Å². The molecule has 1 aromatic heterocycles. The summed E-state index contributed by atoms with van der Waals surface area (Å²) in [6.07, 6.45) is 0. The molecule has 0 bridgehead atoms. The van der Waals surface area contributed by atoms with Gasteiger partial charge in [-0.05, 0) is 21.7 Å². The summed E-state index contributed by atoms with van der Waals surface area (Å²) in [5.74, 6) is 1.04. The monoisotopic (exact) mass is 334 g/mol. The van der Waals surface area contributed by atoms with Crippen molar-refractivity contribution in [2.45, 2.75) is 19.3 Å². The summed E-state index contributed by atoms with van der Waals surface area (Å²) in [4.78, 5) is 0. The van der Waals surface area contributed by atoms with Crippen LogP contribution in [-0.2, 0) is 5.41 Å². The zero-order chi connectivity index (χ0) is 17.5. The summed E-state index contributed by atoms with van der Waals surface area (Å²) in [6, 6.07) is 26.0. The normalized spacial score (nSPS) is 14.8. The third kappa shape index (κ3) is 1.56. The van der Waals surface area contributed by atoms with E-state index in [0.717, 1.165) is 11.3 Å². The van der Waals surface area contributed by atoms with E-state index in [1.54, 1.807) is 0 Å². The molecular weight excluding hydrogens is 316 g/mol. The van der Waals surface area contributed by atoms with Crippen LogP contribution in [0.3, 0.4) is 0 Å². The van der Waals surface area contributed by atoms with Crippen molar-refractivity contribution in [3.8, 4) is 11.3 Å². The van der Waals surface area contributed by atoms with E-state index in [-0.39, 0.29) is 5.41 Å². The molecule has 0 aliphatic heterocycles. The number of rotatable bonds is 0. The molecule has 0 fully saturated rings. The molecule has 0 radical (unpaired) electrons. The predicted molar refractivity (Wildman–Crippen MR) is 109 cm³/mol. The minimum absolute atomic E-state index is 0.0841. The standard InChI is InChI=1S/C25H18O/c1-25(2)21-17-9-5-3-7-15(17)11-13-19(21)24-22(25)20-14-12-16-8-4-6-10-18(16)23(20)26-24/h3-14H,1-2H3. The van der Waals surface area contributed by atoms with Crippen LogP contribution in [-0.4, -0.2) is 0 Å². The summed E-state index contributed by atoms with van der Waals surface area (Å²) in [6.45, 7) is 4.66. The third-order valence-corrected chi connectivity index (χ3v) is 6.00. The summed E-state index contributed by atoms with van der Waals surface area (Å²) in [7, 11) is 0. The van der Waals surface area contributed by atoms with E-state index in [4.69, 9.17) is 4.42 Å². The van der Waals surface area contributed by atoms with Crippen LogP contribution in [0.2, 0.25) is 0 Å². The van der Waals surface area contributed by atoms with Crippen molar-refractivity contribution in [2.24, 2.45) is 0 Å². The minimum Gasteiger partial charge on any atom is -0.455 e. The molecule has 5 aromatic rings. The molecule has 1 heterocycles. The van der Waals surface area contributed by atoms with Crippen molar-refractivity contribution in [1.82, 2.24) is 0 Å². The molecule has 0 unspecified atom stereocenters. The van der Waals surface area contributed by atoms with Gasteiger partial charge in [0.2, 0.25) is 0 Å². The largest absolute Gasteiger partial charge is 0.455 e.